The number of likely N-dealkylation sites (tertiary alicyclic amines) is 1. The number of carboxylic acids is 1. The van der Waals surface area contributed by atoms with Crippen molar-refractivity contribution in [3.8, 4) is 0 Å². The molecule has 6 nitrogen and oxygen atoms in total. The van der Waals surface area contributed by atoms with Crippen LogP contribution in [0.25, 0.3) is 0 Å². The molecule has 2 rings (SSSR count). The highest BCUT2D eigenvalue weighted by molar-refractivity contribution is 5.83. The summed E-state index contributed by atoms with van der Waals surface area (Å²) in [6.45, 7) is 2.76. The van der Waals surface area contributed by atoms with Crippen LogP contribution >= 0.6 is 0 Å². The summed E-state index contributed by atoms with van der Waals surface area (Å²) in [6, 6.07) is -1.29. The molecule has 1 aliphatic carbocycles. The van der Waals surface area contributed by atoms with Crippen molar-refractivity contribution in [1.29, 1.82) is 0 Å². The lowest BCUT2D eigenvalue weighted by Gasteiger charge is -2.22. The molecule has 1 saturated carbocycles. The predicted octanol–water partition coefficient (Wildman–Crippen LogP) is 0.262. The summed E-state index contributed by atoms with van der Waals surface area (Å²) in [5.74, 6) is 0.0754. The number of β-amino-alcohol motifs (C(OH)–C–C–N with tert-alkyl or cyclic N) is 1. The van der Waals surface area contributed by atoms with Gasteiger partial charge in [0.15, 0.2) is 0 Å². The number of aliphatic carboxylic acids is 1. The number of nitrogens with one attached hydrogen (secondary N) is 1. The molecule has 1 saturated heterocycles. The molecule has 0 aromatic heterocycles. The number of hydrogen-bond donors (Lipinski definition) is 3. The Bertz CT molecular complexity index is 343. The minimum Gasteiger partial charge on any atom is -0.480 e. The van der Waals surface area contributed by atoms with Gasteiger partial charge in [-0.1, -0.05) is 6.92 Å². The number of hydrogen-bond acceptors (Lipinski definition) is 3. The molecular weight excluding hydrogens is 236 g/mol. The van der Waals surface area contributed by atoms with E-state index in [1.54, 1.807) is 0 Å². The molecule has 0 bridgehead atoms. The largest absolute Gasteiger partial charge is 0.480 e. The highest BCUT2D eigenvalue weighted by Gasteiger charge is 2.39. The van der Waals surface area contributed by atoms with Gasteiger partial charge in [0.25, 0.3) is 0 Å². The van der Waals surface area contributed by atoms with Gasteiger partial charge in [-0.15, -0.1) is 0 Å². The van der Waals surface area contributed by atoms with E-state index in [9.17, 15) is 14.7 Å². The average molecular weight is 256 g/mol. The van der Waals surface area contributed by atoms with Crippen LogP contribution in [0.5, 0.6) is 0 Å². The zero-order valence-corrected chi connectivity index (χ0v) is 10.5. The van der Waals surface area contributed by atoms with E-state index in [-0.39, 0.29) is 19.0 Å². The van der Waals surface area contributed by atoms with Gasteiger partial charge < -0.3 is 20.4 Å². The Hall–Kier alpha value is -1.30. The maximum atomic E-state index is 11.9. The van der Waals surface area contributed by atoms with E-state index in [1.165, 1.54) is 17.7 Å². The van der Waals surface area contributed by atoms with Crippen LogP contribution in [0.3, 0.4) is 0 Å². The average Bonchev–Trinajstić information content (AvgIpc) is 3.08. The summed E-state index contributed by atoms with van der Waals surface area (Å²) >= 11 is 0. The molecule has 2 amide bonds. The lowest BCUT2D eigenvalue weighted by molar-refractivity contribution is -0.141. The molecule has 0 aromatic carbocycles. The third-order valence-electron chi connectivity index (χ3n) is 3.83. The molecule has 0 aromatic rings. The van der Waals surface area contributed by atoms with E-state index in [1.807, 2.05) is 0 Å². The van der Waals surface area contributed by atoms with E-state index in [0.717, 1.165) is 0 Å². The third kappa shape index (κ3) is 2.93. The Balaban J connectivity index is 1.84. The molecule has 0 radical (unpaired) electrons. The smallest absolute Gasteiger partial charge is 0.326 e. The van der Waals surface area contributed by atoms with Gasteiger partial charge in [0.2, 0.25) is 0 Å². The Morgan fingerprint density at radius 2 is 2.11 bits per heavy atom. The molecule has 2 unspecified atom stereocenters. The van der Waals surface area contributed by atoms with Crippen LogP contribution < -0.4 is 5.32 Å². The van der Waals surface area contributed by atoms with Crippen molar-refractivity contribution >= 4 is 12.0 Å². The van der Waals surface area contributed by atoms with Crippen molar-refractivity contribution in [2.75, 3.05) is 13.1 Å². The van der Waals surface area contributed by atoms with Crippen molar-refractivity contribution in [2.24, 2.45) is 11.8 Å². The van der Waals surface area contributed by atoms with Crippen LogP contribution in [-0.2, 0) is 4.79 Å². The standard InChI is InChI=1S/C12H20N2O4/c1-7(8-2-3-8)5-13-12(18)14-6-9(15)4-10(14)11(16)17/h7-10,15H,2-6H2,1H3,(H,13,18)(H,16,17)/t7?,9?,10-/m0/s1. The zero-order valence-electron chi connectivity index (χ0n) is 10.5. The van der Waals surface area contributed by atoms with E-state index in [2.05, 4.69) is 12.2 Å². The number of aliphatic hydroxyl groups is 1. The maximum Gasteiger partial charge on any atom is 0.326 e. The summed E-state index contributed by atoms with van der Waals surface area (Å²) in [4.78, 5) is 24.1. The van der Waals surface area contributed by atoms with Gasteiger partial charge in [-0.05, 0) is 24.7 Å². The summed E-state index contributed by atoms with van der Waals surface area (Å²) in [5.41, 5.74) is 0. The number of amides is 2. The fraction of sp³-hybridized carbons (Fsp3) is 0.833. The van der Waals surface area contributed by atoms with Gasteiger partial charge in [-0.2, -0.15) is 0 Å². The number of urea groups is 1. The SMILES string of the molecule is CC(CNC(=O)N1CC(O)C[C@H]1C(=O)O)C1CC1. The summed E-state index contributed by atoms with van der Waals surface area (Å²) in [5, 5.41) is 21.2. The number of carbonyl (C=O) groups is 2. The van der Waals surface area contributed by atoms with Gasteiger partial charge in [-0.3, -0.25) is 0 Å². The number of aliphatic hydroxyl groups excluding tert-OH is 1. The molecule has 2 fully saturated rings. The molecular formula is C12H20N2O4. The van der Waals surface area contributed by atoms with Crippen molar-refractivity contribution < 1.29 is 19.8 Å². The lowest BCUT2D eigenvalue weighted by atomic mass is 10.1. The van der Waals surface area contributed by atoms with E-state index in [0.29, 0.717) is 18.4 Å². The first-order valence-corrected chi connectivity index (χ1v) is 6.44. The molecule has 0 spiro atoms. The topological polar surface area (TPSA) is 89.9 Å². The highest BCUT2D eigenvalue weighted by Crippen LogP contribution is 2.36. The van der Waals surface area contributed by atoms with Gasteiger partial charge in [0.05, 0.1) is 6.10 Å². The van der Waals surface area contributed by atoms with Gasteiger partial charge in [0, 0.05) is 19.5 Å². The van der Waals surface area contributed by atoms with Crippen LogP contribution in [0.4, 0.5) is 4.79 Å². The van der Waals surface area contributed by atoms with Gasteiger partial charge >= 0.3 is 12.0 Å². The Morgan fingerprint density at radius 1 is 1.44 bits per heavy atom. The normalized spacial score (nSPS) is 29.1. The van der Waals surface area contributed by atoms with Crippen LogP contribution in [0, 0.1) is 11.8 Å². The summed E-state index contributed by atoms with van der Waals surface area (Å²) in [7, 11) is 0. The van der Waals surface area contributed by atoms with Gasteiger partial charge in [0.1, 0.15) is 6.04 Å². The van der Waals surface area contributed by atoms with Crippen LogP contribution in [0.15, 0.2) is 0 Å². The maximum absolute atomic E-state index is 11.9. The minimum atomic E-state index is -1.06. The van der Waals surface area contributed by atoms with Crippen LogP contribution in [-0.4, -0.2) is 52.3 Å². The number of carbonyl (C=O) groups excluding carboxylic acids is 1. The van der Waals surface area contributed by atoms with Crippen molar-refractivity contribution in [2.45, 2.75) is 38.3 Å². The fourth-order valence-corrected chi connectivity index (χ4v) is 2.45. The van der Waals surface area contributed by atoms with E-state index < -0.39 is 18.1 Å². The second-order valence-electron chi connectivity index (χ2n) is 5.40. The lowest BCUT2D eigenvalue weighted by Crippen LogP contribution is -2.47. The summed E-state index contributed by atoms with van der Waals surface area (Å²) < 4.78 is 0. The van der Waals surface area contributed by atoms with Crippen LogP contribution in [0.2, 0.25) is 0 Å². The molecule has 3 N–H and O–H groups in total. The third-order valence-corrected chi connectivity index (χ3v) is 3.83. The zero-order chi connectivity index (χ0) is 13.3. The number of nitrogens with zero attached hydrogens (tertiary/aromatic N) is 1. The second-order valence-corrected chi connectivity index (χ2v) is 5.40. The molecule has 3 atom stereocenters. The highest BCUT2D eigenvalue weighted by atomic mass is 16.4. The Labute approximate surface area is 106 Å². The number of carboxylic acid groups (broad SMARTS) is 1. The molecule has 18 heavy (non-hydrogen) atoms. The van der Waals surface area contributed by atoms with Crippen LogP contribution in [0.1, 0.15) is 26.2 Å². The van der Waals surface area contributed by atoms with Crippen molar-refractivity contribution in [3.05, 3.63) is 0 Å². The Kier molecular flexibility index (Phi) is 3.75. The first-order valence-electron chi connectivity index (χ1n) is 6.44. The Morgan fingerprint density at radius 3 is 2.67 bits per heavy atom. The molecule has 2 aliphatic rings. The monoisotopic (exact) mass is 256 g/mol. The molecule has 102 valence electrons. The van der Waals surface area contributed by atoms with Crippen molar-refractivity contribution in [1.82, 2.24) is 10.2 Å². The minimum absolute atomic E-state index is 0.0978. The first kappa shape index (κ1) is 13.1. The molecule has 1 aliphatic heterocycles. The fourth-order valence-electron chi connectivity index (χ4n) is 2.45. The second kappa shape index (κ2) is 5.14. The predicted molar refractivity (Wildman–Crippen MR) is 64.0 cm³/mol. The molecule has 6 heteroatoms. The van der Waals surface area contributed by atoms with E-state index >= 15 is 0 Å². The quantitative estimate of drug-likeness (QED) is 0.673. The van der Waals surface area contributed by atoms with Crippen molar-refractivity contribution in [3.63, 3.8) is 0 Å². The number of rotatable bonds is 4. The molecule has 1 heterocycles. The van der Waals surface area contributed by atoms with E-state index in [4.69, 9.17) is 5.11 Å². The van der Waals surface area contributed by atoms with Gasteiger partial charge in [-0.25, -0.2) is 9.59 Å². The summed E-state index contributed by atoms with van der Waals surface area (Å²) in [6.07, 6.45) is 1.81. The first-order chi connectivity index (χ1) is 8.49.